The molecule has 3 rings (SSSR count). The van der Waals surface area contributed by atoms with Crippen molar-refractivity contribution in [2.24, 2.45) is 0 Å². The lowest BCUT2D eigenvalue weighted by Gasteiger charge is -2.28. The summed E-state index contributed by atoms with van der Waals surface area (Å²) in [5.41, 5.74) is 0.338. The fourth-order valence-electron chi connectivity index (χ4n) is 3.27. The maximum Gasteiger partial charge on any atom is 0.270 e. The van der Waals surface area contributed by atoms with Crippen LogP contribution in [0.3, 0.4) is 0 Å². The van der Waals surface area contributed by atoms with Crippen molar-refractivity contribution in [2.75, 3.05) is 14.2 Å². The van der Waals surface area contributed by atoms with E-state index in [1.165, 1.54) is 0 Å². The first-order valence-electron chi connectivity index (χ1n) is 8.09. The Kier molecular flexibility index (Phi) is 5.21. The number of ether oxygens (including phenoxy) is 2. The molecule has 24 heavy (non-hydrogen) atoms. The van der Waals surface area contributed by atoms with E-state index in [-0.39, 0.29) is 17.1 Å². The summed E-state index contributed by atoms with van der Waals surface area (Å²) in [6.45, 7) is 0. The lowest BCUT2D eigenvalue weighted by atomic mass is 9.93. The molecule has 1 aromatic carbocycles. The number of nitrogens with one attached hydrogen (secondary N) is 1. The zero-order chi connectivity index (χ0) is 17.1. The summed E-state index contributed by atoms with van der Waals surface area (Å²) in [7, 11) is 3.33. The van der Waals surface area contributed by atoms with E-state index < -0.39 is 0 Å². The number of benzene rings is 1. The zero-order valence-corrected chi connectivity index (χ0v) is 14.6. The maximum atomic E-state index is 12.7. The van der Waals surface area contributed by atoms with E-state index in [0.29, 0.717) is 17.5 Å². The predicted molar refractivity (Wildman–Crippen MR) is 93.8 cm³/mol. The normalized spacial score (nSPS) is 20.8. The molecular weight excluding hydrogens is 328 g/mol. The van der Waals surface area contributed by atoms with Crippen LogP contribution in [-0.4, -0.2) is 37.3 Å². The number of aromatic nitrogens is 1. The molecule has 0 aliphatic heterocycles. The smallest absolute Gasteiger partial charge is 0.270 e. The molecule has 2 aromatic rings. The molecule has 0 unspecified atom stereocenters. The topological polar surface area (TPSA) is 60.5 Å². The Morgan fingerprint density at radius 1 is 1.21 bits per heavy atom. The van der Waals surface area contributed by atoms with Crippen LogP contribution in [0.5, 0.6) is 5.75 Å². The fraction of sp³-hybridized carbons (Fsp3) is 0.444. The largest absolute Gasteiger partial charge is 0.496 e. The summed E-state index contributed by atoms with van der Waals surface area (Å²) in [5, 5.41) is 4.88. The van der Waals surface area contributed by atoms with Gasteiger partial charge in [0.15, 0.2) is 0 Å². The number of carbonyl (C=O) groups is 1. The van der Waals surface area contributed by atoms with E-state index in [1.54, 1.807) is 20.3 Å². The molecule has 1 heterocycles. The van der Waals surface area contributed by atoms with Crippen molar-refractivity contribution >= 4 is 28.3 Å². The van der Waals surface area contributed by atoms with Gasteiger partial charge >= 0.3 is 0 Å². The SMILES string of the molecule is COc1cccc2c(C(=O)N[C@H]3CC[C@H](OC)CC3)nc(Cl)cc12. The van der Waals surface area contributed by atoms with Crippen molar-refractivity contribution in [1.29, 1.82) is 0 Å². The van der Waals surface area contributed by atoms with Gasteiger partial charge in [0.25, 0.3) is 5.91 Å². The molecule has 0 radical (unpaired) electrons. The number of hydrogen-bond donors (Lipinski definition) is 1. The molecule has 1 aromatic heterocycles. The second-order valence-corrected chi connectivity index (χ2v) is 6.42. The summed E-state index contributed by atoms with van der Waals surface area (Å²) in [4.78, 5) is 17.0. The Bertz CT molecular complexity index is 742. The molecule has 1 N–H and O–H groups in total. The van der Waals surface area contributed by atoms with Gasteiger partial charge in [0, 0.05) is 23.9 Å². The van der Waals surface area contributed by atoms with E-state index >= 15 is 0 Å². The minimum atomic E-state index is -0.198. The van der Waals surface area contributed by atoms with E-state index in [2.05, 4.69) is 10.3 Å². The molecule has 5 nitrogen and oxygen atoms in total. The van der Waals surface area contributed by atoms with Crippen LogP contribution in [0.1, 0.15) is 36.2 Å². The van der Waals surface area contributed by atoms with Gasteiger partial charge < -0.3 is 14.8 Å². The monoisotopic (exact) mass is 348 g/mol. The number of carbonyl (C=O) groups excluding carboxylic acids is 1. The summed E-state index contributed by atoms with van der Waals surface area (Å²) < 4.78 is 10.7. The van der Waals surface area contributed by atoms with Crippen molar-refractivity contribution < 1.29 is 14.3 Å². The van der Waals surface area contributed by atoms with Crippen molar-refractivity contribution in [2.45, 2.75) is 37.8 Å². The van der Waals surface area contributed by atoms with Crippen LogP contribution >= 0.6 is 11.6 Å². The van der Waals surface area contributed by atoms with Gasteiger partial charge in [-0.2, -0.15) is 0 Å². The summed E-state index contributed by atoms with van der Waals surface area (Å²) >= 11 is 6.11. The van der Waals surface area contributed by atoms with Crippen molar-refractivity contribution in [3.05, 3.63) is 35.1 Å². The third-order valence-corrected chi connectivity index (χ3v) is 4.77. The summed E-state index contributed by atoms with van der Waals surface area (Å²) in [6, 6.07) is 7.41. The molecule has 1 amide bonds. The highest BCUT2D eigenvalue weighted by atomic mass is 35.5. The van der Waals surface area contributed by atoms with Crippen molar-refractivity contribution in [3.8, 4) is 5.75 Å². The van der Waals surface area contributed by atoms with E-state index in [4.69, 9.17) is 21.1 Å². The summed E-state index contributed by atoms with van der Waals surface area (Å²) in [6.07, 6.45) is 4.03. The van der Waals surface area contributed by atoms with E-state index in [9.17, 15) is 4.79 Å². The molecule has 1 aliphatic carbocycles. The van der Waals surface area contributed by atoms with Gasteiger partial charge in [-0.05, 0) is 37.8 Å². The van der Waals surface area contributed by atoms with E-state index in [0.717, 1.165) is 36.5 Å². The van der Waals surface area contributed by atoms with Gasteiger partial charge in [-0.3, -0.25) is 4.79 Å². The van der Waals surface area contributed by atoms with Crippen molar-refractivity contribution in [1.82, 2.24) is 10.3 Å². The third-order valence-electron chi connectivity index (χ3n) is 4.58. The Morgan fingerprint density at radius 2 is 1.96 bits per heavy atom. The fourth-order valence-corrected chi connectivity index (χ4v) is 3.46. The Balaban J connectivity index is 1.85. The number of amides is 1. The zero-order valence-electron chi connectivity index (χ0n) is 13.8. The van der Waals surface area contributed by atoms with E-state index in [1.807, 2.05) is 18.2 Å². The lowest BCUT2D eigenvalue weighted by molar-refractivity contribution is 0.0598. The van der Waals surface area contributed by atoms with Crippen LogP contribution in [0.25, 0.3) is 10.8 Å². The second-order valence-electron chi connectivity index (χ2n) is 6.03. The highest BCUT2D eigenvalue weighted by Crippen LogP contribution is 2.29. The Hall–Kier alpha value is -1.85. The molecule has 0 saturated heterocycles. The molecule has 6 heteroatoms. The average Bonchev–Trinajstić information content (AvgIpc) is 2.61. The van der Waals surface area contributed by atoms with Crippen LogP contribution in [0.4, 0.5) is 0 Å². The first-order chi connectivity index (χ1) is 11.6. The van der Waals surface area contributed by atoms with Gasteiger partial charge in [-0.15, -0.1) is 0 Å². The third kappa shape index (κ3) is 3.47. The lowest BCUT2D eigenvalue weighted by Crippen LogP contribution is -2.39. The molecule has 1 saturated carbocycles. The predicted octanol–water partition coefficient (Wildman–Crippen LogP) is 3.58. The number of halogens is 1. The first-order valence-corrected chi connectivity index (χ1v) is 8.47. The minimum absolute atomic E-state index is 0.144. The number of rotatable bonds is 4. The van der Waals surface area contributed by atoms with Crippen molar-refractivity contribution in [3.63, 3.8) is 0 Å². The quantitative estimate of drug-likeness (QED) is 0.858. The highest BCUT2D eigenvalue weighted by Gasteiger charge is 2.24. The van der Waals surface area contributed by atoms with Crippen LogP contribution < -0.4 is 10.1 Å². The molecular formula is C18H21ClN2O3. The first kappa shape index (κ1) is 17.0. The Morgan fingerprint density at radius 3 is 2.62 bits per heavy atom. The minimum Gasteiger partial charge on any atom is -0.496 e. The van der Waals surface area contributed by atoms with Crippen LogP contribution in [-0.2, 0) is 4.74 Å². The summed E-state index contributed by atoms with van der Waals surface area (Å²) in [5.74, 6) is 0.475. The number of nitrogens with zero attached hydrogens (tertiary/aromatic N) is 1. The van der Waals surface area contributed by atoms with Crippen LogP contribution in [0, 0.1) is 0 Å². The molecule has 1 fully saturated rings. The maximum absolute atomic E-state index is 12.7. The number of hydrogen-bond acceptors (Lipinski definition) is 4. The highest BCUT2D eigenvalue weighted by molar-refractivity contribution is 6.30. The van der Waals surface area contributed by atoms with Crippen LogP contribution in [0.2, 0.25) is 5.15 Å². The number of methoxy groups -OCH3 is 2. The second kappa shape index (κ2) is 7.36. The van der Waals surface area contributed by atoms with Gasteiger partial charge in [-0.25, -0.2) is 4.98 Å². The standard InChI is InChI=1S/C18H21ClN2O3/c1-23-12-8-6-11(7-9-12)20-18(22)17-13-4-3-5-15(24-2)14(13)10-16(19)21-17/h3-5,10-12H,6-9H2,1-2H3,(H,20,22)/t11-,12-. The van der Waals surface area contributed by atoms with Gasteiger partial charge in [0.2, 0.25) is 0 Å². The molecule has 1 aliphatic rings. The molecule has 0 atom stereocenters. The van der Waals surface area contributed by atoms with Gasteiger partial charge in [0.05, 0.1) is 13.2 Å². The Labute approximate surface area is 146 Å². The molecule has 128 valence electrons. The van der Waals surface area contributed by atoms with Gasteiger partial charge in [-0.1, -0.05) is 23.7 Å². The molecule has 0 spiro atoms. The molecule has 0 bridgehead atoms. The van der Waals surface area contributed by atoms with Gasteiger partial charge in [0.1, 0.15) is 16.6 Å². The average molecular weight is 349 g/mol. The number of pyridine rings is 1. The number of fused-ring (bicyclic) bond motifs is 1. The van der Waals surface area contributed by atoms with Crippen LogP contribution in [0.15, 0.2) is 24.3 Å².